The molecule has 0 spiro atoms. The monoisotopic (exact) mass is 347 g/mol. The summed E-state index contributed by atoms with van der Waals surface area (Å²) >= 11 is 11.7. The van der Waals surface area contributed by atoms with Crippen LogP contribution in [0.1, 0.15) is 11.1 Å². The highest BCUT2D eigenvalue weighted by molar-refractivity contribution is 7.89. The van der Waals surface area contributed by atoms with Crippen LogP contribution in [0.15, 0.2) is 29.4 Å². The van der Waals surface area contributed by atoms with E-state index in [4.69, 9.17) is 23.2 Å². The summed E-state index contributed by atoms with van der Waals surface area (Å²) in [6.07, 6.45) is 3.14. The molecule has 0 aliphatic rings. The first-order valence-electron chi connectivity index (χ1n) is 6.24. The minimum Gasteiger partial charge on any atom is -0.270 e. The number of halogens is 2. The molecule has 1 N–H and O–H groups in total. The van der Waals surface area contributed by atoms with Gasteiger partial charge >= 0.3 is 0 Å². The highest BCUT2D eigenvalue weighted by Gasteiger charge is 2.17. The third-order valence-corrected chi connectivity index (χ3v) is 5.19. The summed E-state index contributed by atoms with van der Waals surface area (Å²) in [6, 6.07) is 3.23. The van der Waals surface area contributed by atoms with E-state index in [0.29, 0.717) is 22.2 Å². The molecule has 5 nitrogen and oxygen atoms in total. The number of hydrogen-bond acceptors (Lipinski definition) is 3. The molecule has 1 aromatic heterocycles. The van der Waals surface area contributed by atoms with Gasteiger partial charge in [-0.1, -0.05) is 23.2 Å². The van der Waals surface area contributed by atoms with Gasteiger partial charge in [0.25, 0.3) is 0 Å². The van der Waals surface area contributed by atoms with Crippen LogP contribution >= 0.6 is 23.2 Å². The van der Waals surface area contributed by atoms with Crippen molar-refractivity contribution in [2.45, 2.75) is 25.3 Å². The number of aryl methyl sites for hydroxylation is 2. The second-order valence-corrected chi connectivity index (χ2v) is 7.27. The highest BCUT2D eigenvalue weighted by atomic mass is 35.5. The highest BCUT2D eigenvalue weighted by Crippen LogP contribution is 2.23. The molecular weight excluding hydrogens is 333 g/mol. The zero-order chi connectivity index (χ0) is 15.6. The van der Waals surface area contributed by atoms with Gasteiger partial charge in [-0.3, -0.25) is 4.68 Å². The van der Waals surface area contributed by atoms with Crippen LogP contribution in [0.3, 0.4) is 0 Å². The maximum absolute atomic E-state index is 12.3. The predicted octanol–water partition coefficient (Wildman–Crippen LogP) is 2.79. The molecule has 0 saturated heterocycles. The van der Waals surface area contributed by atoms with Crippen molar-refractivity contribution in [1.29, 1.82) is 0 Å². The van der Waals surface area contributed by atoms with Gasteiger partial charge in [-0.05, 0) is 37.1 Å². The van der Waals surface area contributed by atoms with Crippen molar-refractivity contribution < 1.29 is 8.42 Å². The van der Waals surface area contributed by atoms with E-state index in [1.54, 1.807) is 36.9 Å². The van der Waals surface area contributed by atoms with Crippen molar-refractivity contribution in [3.05, 3.63) is 45.7 Å². The summed E-state index contributed by atoms with van der Waals surface area (Å²) in [5.74, 6) is 0. The quantitative estimate of drug-likeness (QED) is 0.904. The summed E-state index contributed by atoms with van der Waals surface area (Å²) < 4.78 is 28.7. The molecule has 2 rings (SSSR count). The minimum atomic E-state index is -3.58. The Morgan fingerprint density at radius 1 is 1.24 bits per heavy atom. The molecule has 2 aromatic rings. The summed E-state index contributed by atoms with van der Waals surface area (Å²) in [5, 5.41) is 5.05. The van der Waals surface area contributed by atoms with Crippen molar-refractivity contribution in [3.8, 4) is 0 Å². The Morgan fingerprint density at radius 3 is 2.57 bits per heavy atom. The molecule has 0 aliphatic carbocycles. The van der Waals surface area contributed by atoms with Gasteiger partial charge in [0.05, 0.1) is 22.7 Å². The van der Waals surface area contributed by atoms with Gasteiger partial charge in [-0.15, -0.1) is 0 Å². The van der Waals surface area contributed by atoms with E-state index in [0.717, 1.165) is 5.56 Å². The fraction of sp³-hybridized carbons (Fsp3) is 0.308. The standard InChI is InChI=1S/C13H15Cl2N3O2S/c1-9-6-13(10(2)5-12(9)15)21(19,20)17-3-4-18-8-11(14)7-16-18/h5-8,17H,3-4H2,1-2H3. The van der Waals surface area contributed by atoms with Gasteiger partial charge in [-0.25, -0.2) is 13.1 Å². The fourth-order valence-electron chi connectivity index (χ4n) is 1.88. The van der Waals surface area contributed by atoms with Crippen LogP contribution in [-0.2, 0) is 16.6 Å². The lowest BCUT2D eigenvalue weighted by Crippen LogP contribution is -2.28. The average molecular weight is 348 g/mol. The lowest BCUT2D eigenvalue weighted by molar-refractivity contribution is 0.560. The van der Waals surface area contributed by atoms with Crippen molar-refractivity contribution in [2.75, 3.05) is 6.54 Å². The van der Waals surface area contributed by atoms with E-state index in [-0.39, 0.29) is 11.4 Å². The number of hydrogen-bond donors (Lipinski definition) is 1. The fourth-order valence-corrected chi connectivity index (χ4v) is 3.58. The molecule has 0 bridgehead atoms. The normalized spacial score (nSPS) is 11.8. The average Bonchev–Trinajstić information content (AvgIpc) is 2.79. The molecule has 0 unspecified atom stereocenters. The van der Waals surface area contributed by atoms with Crippen molar-refractivity contribution in [1.82, 2.24) is 14.5 Å². The van der Waals surface area contributed by atoms with Crippen LogP contribution in [0.5, 0.6) is 0 Å². The zero-order valence-electron chi connectivity index (χ0n) is 11.6. The van der Waals surface area contributed by atoms with Crippen LogP contribution in [0.2, 0.25) is 10.0 Å². The first-order valence-corrected chi connectivity index (χ1v) is 8.48. The lowest BCUT2D eigenvalue weighted by atomic mass is 10.2. The minimum absolute atomic E-state index is 0.224. The Kier molecular flexibility index (Phi) is 4.93. The summed E-state index contributed by atoms with van der Waals surface area (Å²) in [6.45, 7) is 4.11. The Bertz CT molecular complexity index is 757. The third kappa shape index (κ3) is 3.97. The van der Waals surface area contributed by atoms with E-state index in [9.17, 15) is 8.42 Å². The van der Waals surface area contributed by atoms with Crippen LogP contribution in [0, 0.1) is 13.8 Å². The molecule has 114 valence electrons. The van der Waals surface area contributed by atoms with Crippen molar-refractivity contribution in [3.63, 3.8) is 0 Å². The second kappa shape index (κ2) is 6.36. The van der Waals surface area contributed by atoms with E-state index in [1.807, 2.05) is 0 Å². The zero-order valence-corrected chi connectivity index (χ0v) is 13.9. The smallest absolute Gasteiger partial charge is 0.240 e. The topological polar surface area (TPSA) is 64.0 Å². The third-order valence-electron chi connectivity index (χ3n) is 2.98. The van der Waals surface area contributed by atoms with Crippen LogP contribution in [-0.4, -0.2) is 24.7 Å². The van der Waals surface area contributed by atoms with Gasteiger partial charge in [-0.2, -0.15) is 5.10 Å². The first kappa shape index (κ1) is 16.3. The number of aromatic nitrogens is 2. The maximum atomic E-state index is 12.3. The van der Waals surface area contributed by atoms with E-state index >= 15 is 0 Å². The molecule has 0 aliphatic heterocycles. The molecule has 0 radical (unpaired) electrons. The predicted molar refractivity (Wildman–Crippen MR) is 83.4 cm³/mol. The Hall–Kier alpha value is -1.08. The van der Waals surface area contributed by atoms with Gasteiger partial charge in [0.15, 0.2) is 0 Å². The molecule has 0 fully saturated rings. The van der Waals surface area contributed by atoms with Gasteiger partial charge in [0, 0.05) is 17.8 Å². The number of nitrogens with zero attached hydrogens (tertiary/aromatic N) is 2. The first-order chi connectivity index (χ1) is 9.79. The molecule has 0 saturated carbocycles. The van der Waals surface area contributed by atoms with Gasteiger partial charge < -0.3 is 0 Å². The van der Waals surface area contributed by atoms with Gasteiger partial charge in [0.1, 0.15) is 0 Å². The van der Waals surface area contributed by atoms with Crippen LogP contribution < -0.4 is 4.72 Å². The van der Waals surface area contributed by atoms with Crippen LogP contribution in [0.25, 0.3) is 0 Å². The van der Waals surface area contributed by atoms with Crippen molar-refractivity contribution >= 4 is 33.2 Å². The van der Waals surface area contributed by atoms with Crippen LogP contribution in [0.4, 0.5) is 0 Å². The SMILES string of the molecule is Cc1cc(S(=O)(=O)NCCn2cc(Cl)cn2)c(C)cc1Cl. The summed E-state index contributed by atoms with van der Waals surface area (Å²) in [7, 11) is -3.58. The molecule has 1 heterocycles. The molecule has 0 atom stereocenters. The Balaban J connectivity index is 2.10. The molecular formula is C13H15Cl2N3O2S. The van der Waals surface area contributed by atoms with E-state index in [1.165, 1.54) is 6.20 Å². The molecule has 1 aromatic carbocycles. The second-order valence-electron chi connectivity index (χ2n) is 4.69. The molecule has 8 heteroatoms. The number of benzene rings is 1. The maximum Gasteiger partial charge on any atom is 0.240 e. The number of nitrogens with one attached hydrogen (secondary N) is 1. The van der Waals surface area contributed by atoms with Crippen molar-refractivity contribution in [2.24, 2.45) is 0 Å². The number of rotatable bonds is 5. The Morgan fingerprint density at radius 2 is 1.95 bits per heavy atom. The number of sulfonamides is 1. The Labute approximate surface area is 133 Å². The van der Waals surface area contributed by atoms with E-state index < -0.39 is 10.0 Å². The largest absolute Gasteiger partial charge is 0.270 e. The summed E-state index contributed by atoms with van der Waals surface area (Å²) in [5.41, 5.74) is 1.33. The lowest BCUT2D eigenvalue weighted by Gasteiger charge is -2.11. The van der Waals surface area contributed by atoms with Gasteiger partial charge in [0.2, 0.25) is 10.0 Å². The molecule has 0 amide bonds. The molecule has 21 heavy (non-hydrogen) atoms. The van der Waals surface area contributed by atoms with E-state index in [2.05, 4.69) is 9.82 Å². The summed E-state index contributed by atoms with van der Waals surface area (Å²) in [4.78, 5) is 0.239.